The number of carboxylic acid groups (broad SMARTS) is 2. The second-order valence-electron chi connectivity index (χ2n) is 11.1. The molecule has 12 heteroatoms. The van der Waals surface area contributed by atoms with Crippen molar-refractivity contribution >= 4 is 50.7 Å². The number of carboxylic acids is 2. The number of nitrogens with zero attached hydrogens (tertiary/aromatic N) is 5. The van der Waals surface area contributed by atoms with Crippen LogP contribution in [-0.4, -0.2) is 80.9 Å². The Morgan fingerprint density at radius 3 is 2.31 bits per heavy atom. The Bertz CT molecular complexity index is 1540. The molecule has 0 bridgehead atoms. The van der Waals surface area contributed by atoms with Crippen LogP contribution in [0.3, 0.4) is 0 Å². The predicted molar refractivity (Wildman–Crippen MR) is 165 cm³/mol. The van der Waals surface area contributed by atoms with E-state index >= 15 is 0 Å². The summed E-state index contributed by atoms with van der Waals surface area (Å²) in [5.41, 5.74) is 1.72. The van der Waals surface area contributed by atoms with E-state index in [0.717, 1.165) is 54.9 Å². The highest BCUT2D eigenvalue weighted by Crippen LogP contribution is 2.31. The van der Waals surface area contributed by atoms with Crippen LogP contribution < -0.4 is 20.7 Å². The van der Waals surface area contributed by atoms with Crippen LogP contribution in [0.1, 0.15) is 47.4 Å². The van der Waals surface area contributed by atoms with E-state index in [4.69, 9.17) is 0 Å². The molecule has 2 aliphatic rings. The van der Waals surface area contributed by atoms with Gasteiger partial charge in [0.2, 0.25) is 0 Å². The number of pyridine rings is 2. The van der Waals surface area contributed by atoms with Crippen molar-refractivity contribution in [2.24, 2.45) is 7.05 Å². The fourth-order valence-corrected chi connectivity index (χ4v) is 6.70. The summed E-state index contributed by atoms with van der Waals surface area (Å²) in [6.07, 6.45) is 5.44. The highest BCUT2D eigenvalue weighted by Gasteiger charge is 2.34. The molecule has 222 valence electrons. The van der Waals surface area contributed by atoms with E-state index in [2.05, 4.69) is 54.8 Å². The standard InChI is InChI=1S/C30H35BrN6O5/c1-18-12-21(8-9-36(18)22-4-6-24(29(39)40)25(14-22)30(41)42)35-10-11-37(19(2)16-35)23-5-7-27(32-15-23)33-26-13-20(31)17-34(3)28(26)38/h4-7,13-15,17-19,21H,8-12,16H2,1-3H3,(H,32,33)(H,39,40)(H,41,42)/t18-,19+,21-/m1/s1. The number of aromatic carboxylic acids is 2. The van der Waals surface area contributed by atoms with E-state index in [1.807, 2.05) is 18.3 Å². The number of halogens is 1. The van der Waals surface area contributed by atoms with Crippen molar-refractivity contribution in [1.29, 1.82) is 0 Å². The van der Waals surface area contributed by atoms with E-state index in [1.165, 1.54) is 16.7 Å². The largest absolute Gasteiger partial charge is 0.478 e. The molecule has 1 aromatic carbocycles. The van der Waals surface area contributed by atoms with Gasteiger partial charge in [-0.2, -0.15) is 0 Å². The summed E-state index contributed by atoms with van der Waals surface area (Å²) in [5.74, 6) is -1.87. The summed E-state index contributed by atoms with van der Waals surface area (Å²) < 4.78 is 2.32. The number of rotatable bonds is 7. The average molecular weight is 640 g/mol. The third kappa shape index (κ3) is 6.14. The number of piperidine rings is 1. The van der Waals surface area contributed by atoms with E-state index in [1.54, 1.807) is 25.4 Å². The van der Waals surface area contributed by atoms with Crippen molar-refractivity contribution in [3.05, 3.63) is 74.7 Å². The van der Waals surface area contributed by atoms with Gasteiger partial charge in [0.25, 0.3) is 5.56 Å². The minimum atomic E-state index is -1.24. The first-order valence-corrected chi connectivity index (χ1v) is 14.8. The SMILES string of the molecule is C[C@@H]1C[C@H](N2CCN(c3ccc(Nc4cc(Br)cn(C)c4=O)nc3)[C@@H](C)C2)CCN1c1ccc(C(=O)O)c(C(=O)O)c1. The van der Waals surface area contributed by atoms with Crippen LogP contribution in [-0.2, 0) is 7.05 Å². The van der Waals surface area contributed by atoms with Gasteiger partial charge < -0.3 is 29.9 Å². The second-order valence-corrected chi connectivity index (χ2v) is 12.0. The van der Waals surface area contributed by atoms with Crippen LogP contribution in [0.2, 0.25) is 0 Å². The van der Waals surface area contributed by atoms with Gasteiger partial charge in [0, 0.05) is 67.7 Å². The Labute approximate surface area is 252 Å². The Morgan fingerprint density at radius 2 is 1.67 bits per heavy atom. The zero-order chi connectivity index (χ0) is 30.1. The highest BCUT2D eigenvalue weighted by atomic mass is 79.9. The first kappa shape index (κ1) is 29.6. The van der Waals surface area contributed by atoms with Gasteiger partial charge in [0.05, 0.1) is 23.0 Å². The van der Waals surface area contributed by atoms with Crippen molar-refractivity contribution in [3.63, 3.8) is 0 Å². The number of carbonyl (C=O) groups is 2. The van der Waals surface area contributed by atoms with E-state index in [9.17, 15) is 24.6 Å². The topological polar surface area (TPSA) is 131 Å². The lowest BCUT2D eigenvalue weighted by Crippen LogP contribution is -2.58. The van der Waals surface area contributed by atoms with Crippen LogP contribution in [0.25, 0.3) is 0 Å². The molecule has 0 amide bonds. The van der Waals surface area contributed by atoms with Crippen molar-refractivity contribution in [2.75, 3.05) is 41.3 Å². The van der Waals surface area contributed by atoms with Crippen LogP contribution in [0.4, 0.5) is 22.9 Å². The van der Waals surface area contributed by atoms with Crippen LogP contribution in [0, 0.1) is 0 Å². The molecule has 0 aliphatic carbocycles. The average Bonchev–Trinajstić information content (AvgIpc) is 2.95. The molecule has 3 atom stereocenters. The number of hydrogen-bond acceptors (Lipinski definition) is 8. The van der Waals surface area contributed by atoms with Crippen molar-refractivity contribution in [1.82, 2.24) is 14.5 Å². The molecule has 3 aromatic rings. The Kier molecular flexibility index (Phi) is 8.55. The number of piperazine rings is 1. The molecule has 0 unspecified atom stereocenters. The number of benzene rings is 1. The lowest BCUT2D eigenvalue weighted by Gasteiger charge is -2.48. The van der Waals surface area contributed by atoms with Crippen molar-refractivity contribution in [2.45, 2.75) is 44.8 Å². The first-order valence-electron chi connectivity index (χ1n) is 14.0. The molecular weight excluding hydrogens is 604 g/mol. The summed E-state index contributed by atoms with van der Waals surface area (Å²) in [5, 5.41) is 22.0. The molecule has 0 spiro atoms. The van der Waals surface area contributed by atoms with E-state index in [-0.39, 0.29) is 28.8 Å². The molecular formula is C30H35BrN6O5. The summed E-state index contributed by atoms with van der Waals surface area (Å²) >= 11 is 3.42. The summed E-state index contributed by atoms with van der Waals surface area (Å²) in [7, 11) is 1.71. The fourth-order valence-electron chi connectivity index (χ4n) is 6.17. The third-order valence-corrected chi connectivity index (χ3v) is 8.75. The Hall–Kier alpha value is -3.90. The van der Waals surface area contributed by atoms with Gasteiger partial charge in [0.15, 0.2) is 0 Å². The lowest BCUT2D eigenvalue weighted by atomic mass is 9.94. The minimum absolute atomic E-state index is 0.130. The monoisotopic (exact) mass is 638 g/mol. The molecule has 4 heterocycles. The molecule has 11 nitrogen and oxygen atoms in total. The zero-order valence-electron chi connectivity index (χ0n) is 23.8. The van der Waals surface area contributed by atoms with Crippen molar-refractivity contribution < 1.29 is 19.8 Å². The third-order valence-electron chi connectivity index (χ3n) is 8.31. The number of anilines is 4. The lowest BCUT2D eigenvalue weighted by molar-refractivity contribution is 0.0651. The molecule has 2 saturated heterocycles. The molecule has 2 aliphatic heterocycles. The van der Waals surface area contributed by atoms with Gasteiger partial charge in [-0.05, 0) is 79.0 Å². The van der Waals surface area contributed by atoms with Gasteiger partial charge in [-0.25, -0.2) is 14.6 Å². The number of aromatic nitrogens is 2. The number of hydrogen-bond donors (Lipinski definition) is 3. The summed E-state index contributed by atoms with van der Waals surface area (Å²) in [4.78, 5) is 47.2. The van der Waals surface area contributed by atoms with Gasteiger partial charge in [-0.3, -0.25) is 9.69 Å². The molecule has 0 saturated carbocycles. The minimum Gasteiger partial charge on any atom is -0.478 e. The molecule has 5 rings (SSSR count). The Balaban J connectivity index is 1.19. The van der Waals surface area contributed by atoms with Crippen LogP contribution in [0.5, 0.6) is 0 Å². The van der Waals surface area contributed by atoms with Gasteiger partial charge in [-0.1, -0.05) is 0 Å². The maximum atomic E-state index is 12.4. The van der Waals surface area contributed by atoms with E-state index < -0.39 is 11.9 Å². The maximum Gasteiger partial charge on any atom is 0.336 e. The summed E-state index contributed by atoms with van der Waals surface area (Å²) in [6, 6.07) is 11.1. The predicted octanol–water partition coefficient (Wildman–Crippen LogP) is 4.25. The van der Waals surface area contributed by atoms with Crippen LogP contribution in [0.15, 0.2) is 58.1 Å². The first-order chi connectivity index (χ1) is 20.0. The van der Waals surface area contributed by atoms with Crippen molar-refractivity contribution in [3.8, 4) is 0 Å². The molecule has 0 radical (unpaired) electrons. The summed E-state index contributed by atoms with van der Waals surface area (Å²) in [6.45, 7) is 7.84. The zero-order valence-corrected chi connectivity index (χ0v) is 25.4. The van der Waals surface area contributed by atoms with Gasteiger partial charge >= 0.3 is 11.9 Å². The quantitative estimate of drug-likeness (QED) is 0.345. The smallest absolute Gasteiger partial charge is 0.336 e. The van der Waals surface area contributed by atoms with Gasteiger partial charge in [0.1, 0.15) is 11.5 Å². The molecule has 2 aromatic heterocycles. The normalized spacial score (nSPS) is 21.3. The number of aryl methyl sites for hydroxylation is 1. The molecule has 42 heavy (non-hydrogen) atoms. The highest BCUT2D eigenvalue weighted by molar-refractivity contribution is 9.10. The second kappa shape index (κ2) is 12.1. The molecule has 2 fully saturated rings. The fraction of sp³-hybridized carbons (Fsp3) is 0.400. The van der Waals surface area contributed by atoms with Gasteiger partial charge in [-0.15, -0.1) is 0 Å². The Morgan fingerprint density at radius 1 is 0.952 bits per heavy atom. The maximum absolute atomic E-state index is 12.4. The number of nitrogens with one attached hydrogen (secondary N) is 1. The van der Waals surface area contributed by atoms with Crippen LogP contribution >= 0.6 is 15.9 Å². The van der Waals surface area contributed by atoms with E-state index in [0.29, 0.717) is 17.5 Å². The molecule has 3 N–H and O–H groups in total.